The lowest BCUT2D eigenvalue weighted by atomic mass is 9.63. The molecule has 3 rings (SSSR count). The third-order valence-corrected chi connectivity index (χ3v) is 5.94. The highest BCUT2D eigenvalue weighted by molar-refractivity contribution is 5.88. The van der Waals surface area contributed by atoms with E-state index in [0.717, 1.165) is 45.2 Å². The number of hydrogen-bond acceptors (Lipinski definition) is 3. The van der Waals surface area contributed by atoms with Gasteiger partial charge in [0.25, 0.3) is 0 Å². The standard InChI is InChI=1S/C19H29N3O3/c1-13(2)11-19(7-4-8-19)18(25)21-9-5-15(6-10-21)22-14(3)16(12-20-22)17(23)24/h12-13,15H,4-11H2,1-3H3,(H,23,24). The Hall–Kier alpha value is -1.85. The molecule has 6 nitrogen and oxygen atoms in total. The maximum atomic E-state index is 13.1. The van der Waals surface area contributed by atoms with E-state index in [1.165, 1.54) is 12.6 Å². The zero-order valence-corrected chi connectivity index (χ0v) is 15.5. The van der Waals surface area contributed by atoms with E-state index >= 15 is 0 Å². The van der Waals surface area contributed by atoms with Crippen LogP contribution in [0.3, 0.4) is 0 Å². The maximum absolute atomic E-state index is 13.1. The van der Waals surface area contributed by atoms with Crippen molar-refractivity contribution in [3.05, 3.63) is 17.5 Å². The average Bonchev–Trinajstić information content (AvgIpc) is 2.92. The number of aromatic carboxylic acids is 1. The van der Waals surface area contributed by atoms with Gasteiger partial charge in [0, 0.05) is 18.5 Å². The fourth-order valence-electron chi connectivity index (χ4n) is 4.54. The molecule has 1 N–H and O–H groups in total. The van der Waals surface area contributed by atoms with Gasteiger partial charge >= 0.3 is 5.97 Å². The molecule has 0 aromatic carbocycles. The van der Waals surface area contributed by atoms with Gasteiger partial charge in [-0.25, -0.2) is 4.79 Å². The van der Waals surface area contributed by atoms with Crippen LogP contribution in [0.2, 0.25) is 0 Å². The lowest BCUT2D eigenvalue weighted by molar-refractivity contribution is -0.150. The number of amides is 1. The summed E-state index contributed by atoms with van der Waals surface area (Å²) in [5.41, 5.74) is 0.857. The molecule has 138 valence electrons. The number of likely N-dealkylation sites (tertiary alicyclic amines) is 1. The first-order valence-electron chi connectivity index (χ1n) is 9.41. The number of carbonyl (C=O) groups is 2. The van der Waals surface area contributed by atoms with E-state index in [1.54, 1.807) is 6.92 Å². The molecule has 0 unspecified atom stereocenters. The molecule has 1 saturated heterocycles. The molecule has 0 bridgehead atoms. The molecule has 1 aliphatic carbocycles. The van der Waals surface area contributed by atoms with Gasteiger partial charge in [-0.3, -0.25) is 9.48 Å². The van der Waals surface area contributed by atoms with E-state index in [2.05, 4.69) is 18.9 Å². The van der Waals surface area contributed by atoms with Gasteiger partial charge in [-0.2, -0.15) is 5.10 Å². The Morgan fingerprint density at radius 3 is 2.40 bits per heavy atom. The Morgan fingerprint density at radius 1 is 1.32 bits per heavy atom. The predicted octanol–water partition coefficient (Wildman–Crippen LogP) is 3.27. The van der Waals surface area contributed by atoms with E-state index in [-0.39, 0.29) is 17.0 Å². The summed E-state index contributed by atoms with van der Waals surface area (Å²) in [5.74, 6) is -0.0470. The average molecular weight is 347 g/mol. The van der Waals surface area contributed by atoms with Crippen LogP contribution in [-0.2, 0) is 4.79 Å². The van der Waals surface area contributed by atoms with Gasteiger partial charge in [-0.15, -0.1) is 0 Å². The molecule has 2 fully saturated rings. The second-order valence-corrected chi connectivity index (χ2v) is 8.15. The summed E-state index contributed by atoms with van der Waals surface area (Å²) in [4.78, 5) is 26.3. The number of carboxylic acid groups (broad SMARTS) is 1. The molecular weight excluding hydrogens is 318 g/mol. The number of aromatic nitrogens is 2. The second kappa shape index (κ2) is 6.81. The Balaban J connectivity index is 1.64. The topological polar surface area (TPSA) is 75.4 Å². The molecule has 25 heavy (non-hydrogen) atoms. The van der Waals surface area contributed by atoms with Crippen LogP contribution in [0.15, 0.2) is 6.20 Å². The van der Waals surface area contributed by atoms with Crippen molar-refractivity contribution >= 4 is 11.9 Å². The minimum absolute atomic E-state index is 0.112. The van der Waals surface area contributed by atoms with Gasteiger partial charge in [0.05, 0.1) is 17.9 Å². The van der Waals surface area contributed by atoms with Crippen molar-refractivity contribution in [3.63, 3.8) is 0 Å². The largest absolute Gasteiger partial charge is 0.478 e. The first kappa shape index (κ1) is 18.0. The van der Waals surface area contributed by atoms with Crippen LogP contribution in [0, 0.1) is 18.3 Å². The molecule has 0 atom stereocenters. The van der Waals surface area contributed by atoms with E-state index in [9.17, 15) is 14.7 Å². The predicted molar refractivity (Wildman–Crippen MR) is 94.5 cm³/mol. The van der Waals surface area contributed by atoms with Crippen molar-refractivity contribution in [1.29, 1.82) is 0 Å². The Labute approximate surface area is 149 Å². The molecule has 6 heteroatoms. The van der Waals surface area contributed by atoms with E-state index in [0.29, 0.717) is 17.5 Å². The molecule has 0 radical (unpaired) electrons. The summed E-state index contributed by atoms with van der Waals surface area (Å²) >= 11 is 0. The van der Waals surface area contributed by atoms with E-state index < -0.39 is 5.97 Å². The number of carbonyl (C=O) groups excluding carboxylic acids is 1. The lowest BCUT2D eigenvalue weighted by Crippen LogP contribution is -2.51. The third-order valence-electron chi connectivity index (χ3n) is 5.94. The SMILES string of the molecule is Cc1c(C(=O)O)cnn1C1CCN(C(=O)C2(CC(C)C)CCC2)CC1. The van der Waals surface area contributed by atoms with Gasteiger partial charge in [0.2, 0.25) is 5.91 Å². The number of carboxylic acids is 1. The number of nitrogens with zero attached hydrogens (tertiary/aromatic N) is 3. The van der Waals surface area contributed by atoms with Crippen molar-refractivity contribution in [2.75, 3.05) is 13.1 Å². The third kappa shape index (κ3) is 3.31. The molecule has 1 aliphatic heterocycles. The van der Waals surface area contributed by atoms with Gasteiger partial charge in [-0.1, -0.05) is 20.3 Å². The van der Waals surface area contributed by atoms with Crippen molar-refractivity contribution in [1.82, 2.24) is 14.7 Å². The van der Waals surface area contributed by atoms with Crippen LogP contribution in [0.25, 0.3) is 0 Å². The highest BCUT2D eigenvalue weighted by Crippen LogP contribution is 2.47. The lowest BCUT2D eigenvalue weighted by Gasteiger charge is -2.46. The molecule has 1 aromatic rings. The van der Waals surface area contributed by atoms with Crippen LogP contribution in [-0.4, -0.2) is 44.8 Å². The van der Waals surface area contributed by atoms with Crippen molar-refractivity contribution in [2.45, 2.75) is 65.3 Å². The minimum Gasteiger partial charge on any atom is -0.478 e. The van der Waals surface area contributed by atoms with E-state index in [1.807, 2.05) is 9.58 Å². The summed E-state index contributed by atoms with van der Waals surface area (Å²) in [7, 11) is 0. The molecule has 1 saturated carbocycles. The zero-order valence-electron chi connectivity index (χ0n) is 15.5. The Kier molecular flexibility index (Phi) is 4.89. The Bertz CT molecular complexity index is 653. The summed E-state index contributed by atoms with van der Waals surface area (Å²) in [6.45, 7) is 7.68. The molecule has 0 spiro atoms. The molecule has 2 heterocycles. The molecule has 1 aromatic heterocycles. The van der Waals surface area contributed by atoms with Gasteiger partial charge in [0.1, 0.15) is 5.56 Å². The zero-order chi connectivity index (χ0) is 18.2. The number of hydrogen-bond donors (Lipinski definition) is 1. The van der Waals surface area contributed by atoms with Crippen molar-refractivity contribution in [3.8, 4) is 0 Å². The fraction of sp³-hybridized carbons (Fsp3) is 0.737. The summed E-state index contributed by atoms with van der Waals surface area (Å²) in [5, 5.41) is 13.5. The smallest absolute Gasteiger partial charge is 0.339 e. The Morgan fingerprint density at radius 2 is 1.96 bits per heavy atom. The first-order chi connectivity index (χ1) is 11.8. The molecule has 1 amide bonds. The number of piperidine rings is 1. The summed E-state index contributed by atoms with van der Waals surface area (Å²) in [6, 6.07) is 0.180. The molecule has 2 aliphatic rings. The van der Waals surface area contributed by atoms with Crippen LogP contribution < -0.4 is 0 Å². The van der Waals surface area contributed by atoms with Crippen molar-refractivity contribution < 1.29 is 14.7 Å². The normalized spacial score (nSPS) is 20.6. The first-order valence-corrected chi connectivity index (χ1v) is 9.41. The maximum Gasteiger partial charge on any atom is 0.339 e. The van der Waals surface area contributed by atoms with Gasteiger partial charge in [0.15, 0.2) is 0 Å². The quantitative estimate of drug-likeness (QED) is 0.887. The monoisotopic (exact) mass is 347 g/mol. The summed E-state index contributed by atoms with van der Waals surface area (Å²) in [6.07, 6.45) is 7.33. The van der Waals surface area contributed by atoms with Crippen molar-refractivity contribution in [2.24, 2.45) is 11.3 Å². The number of rotatable bonds is 5. The summed E-state index contributed by atoms with van der Waals surface area (Å²) < 4.78 is 1.83. The minimum atomic E-state index is -0.933. The van der Waals surface area contributed by atoms with Gasteiger partial charge < -0.3 is 10.0 Å². The highest BCUT2D eigenvalue weighted by Gasteiger charge is 2.46. The van der Waals surface area contributed by atoms with Crippen LogP contribution >= 0.6 is 0 Å². The van der Waals surface area contributed by atoms with Crippen LogP contribution in [0.1, 0.15) is 74.5 Å². The second-order valence-electron chi connectivity index (χ2n) is 8.15. The van der Waals surface area contributed by atoms with E-state index in [4.69, 9.17) is 0 Å². The fourth-order valence-corrected chi connectivity index (χ4v) is 4.54. The highest BCUT2D eigenvalue weighted by atomic mass is 16.4. The van der Waals surface area contributed by atoms with Crippen LogP contribution in [0.4, 0.5) is 0 Å². The van der Waals surface area contributed by atoms with Gasteiger partial charge in [-0.05, 0) is 44.9 Å². The molecular formula is C19H29N3O3. The van der Waals surface area contributed by atoms with Crippen LogP contribution in [0.5, 0.6) is 0 Å².